The predicted molar refractivity (Wildman–Crippen MR) is 124 cm³/mol. The highest BCUT2D eigenvalue weighted by atomic mass is 35.5. The van der Waals surface area contributed by atoms with Gasteiger partial charge >= 0.3 is 0 Å². The van der Waals surface area contributed by atoms with E-state index in [9.17, 15) is 9.59 Å². The second kappa shape index (κ2) is 7.78. The van der Waals surface area contributed by atoms with Crippen LogP contribution in [0, 0.1) is 17.9 Å². The van der Waals surface area contributed by atoms with E-state index in [0.717, 1.165) is 0 Å². The van der Waals surface area contributed by atoms with E-state index in [2.05, 4.69) is 4.85 Å². The van der Waals surface area contributed by atoms with Crippen molar-refractivity contribution in [3.05, 3.63) is 63.4 Å². The number of Topliss-reactive ketones (excluding diaryl/α,β-unsaturated/α-hetero) is 1. The lowest BCUT2D eigenvalue weighted by atomic mass is 9.68. The Bertz CT molecular complexity index is 1180. The smallest absolute Gasteiger partial charge is 0.224 e. The number of hydrogen-bond donors (Lipinski definition) is 0. The van der Waals surface area contributed by atoms with Gasteiger partial charge < -0.3 is 4.90 Å². The molecular weight excluding hydrogens is 433 g/mol. The molecule has 0 aromatic heterocycles. The van der Waals surface area contributed by atoms with Gasteiger partial charge in [-0.05, 0) is 41.7 Å². The number of benzene rings is 2. The number of amides is 1. The maximum Gasteiger partial charge on any atom is 0.224 e. The van der Waals surface area contributed by atoms with Crippen molar-refractivity contribution in [1.29, 1.82) is 0 Å². The summed E-state index contributed by atoms with van der Waals surface area (Å²) in [6.45, 7) is 12.9. The Hall–Kier alpha value is -2.68. The molecule has 158 valence electrons. The van der Waals surface area contributed by atoms with E-state index in [1.165, 1.54) is 6.92 Å². The first-order valence-corrected chi connectivity index (χ1v) is 10.7. The van der Waals surface area contributed by atoms with Crippen LogP contribution in [0.1, 0.15) is 45.2 Å². The quantitative estimate of drug-likeness (QED) is 0.449. The molecule has 2 aromatic rings. The number of fused-ring (bicyclic) bond motifs is 2. The van der Waals surface area contributed by atoms with Crippen molar-refractivity contribution in [2.45, 2.75) is 39.7 Å². The average molecular weight is 454 g/mol. The molecule has 0 radical (unpaired) electrons. The van der Waals surface area contributed by atoms with Crippen molar-refractivity contribution in [3.63, 3.8) is 0 Å². The molecule has 1 saturated carbocycles. The Balaban J connectivity index is 2.03. The second-order valence-corrected chi connectivity index (χ2v) is 9.69. The second-order valence-electron chi connectivity index (χ2n) is 8.85. The molecule has 4 rings (SSSR count). The summed E-state index contributed by atoms with van der Waals surface area (Å²) in [6, 6.07) is 9.50. The zero-order valence-corrected chi connectivity index (χ0v) is 19.0. The molecule has 7 heteroatoms. The summed E-state index contributed by atoms with van der Waals surface area (Å²) < 4.78 is 0. The van der Waals surface area contributed by atoms with Gasteiger partial charge in [0.05, 0.1) is 29.9 Å². The maximum atomic E-state index is 13.5. The zero-order chi connectivity index (χ0) is 22.5. The molecule has 2 aromatic carbocycles. The number of carbonyl (C=O) groups excluding carboxylic acids is 2. The van der Waals surface area contributed by atoms with E-state index in [0.29, 0.717) is 51.2 Å². The summed E-state index contributed by atoms with van der Waals surface area (Å²) in [5.41, 5.74) is 2.61. The first-order valence-electron chi connectivity index (χ1n) is 9.98. The molecule has 1 heterocycles. The Labute approximate surface area is 191 Å². The van der Waals surface area contributed by atoms with Crippen molar-refractivity contribution < 1.29 is 9.59 Å². The third-order valence-electron chi connectivity index (χ3n) is 5.84. The van der Waals surface area contributed by atoms with Crippen LogP contribution in [-0.2, 0) is 9.59 Å². The number of carbonyl (C=O) groups is 2. The molecule has 0 N–H and O–H groups in total. The van der Waals surface area contributed by atoms with Gasteiger partial charge in [-0.25, -0.2) is 4.85 Å². The molecule has 0 saturated heterocycles. The fourth-order valence-corrected chi connectivity index (χ4v) is 5.17. The van der Waals surface area contributed by atoms with Crippen LogP contribution in [0.25, 0.3) is 4.85 Å². The van der Waals surface area contributed by atoms with Crippen molar-refractivity contribution in [1.82, 2.24) is 0 Å². The van der Waals surface area contributed by atoms with Crippen LogP contribution in [0.15, 0.2) is 41.4 Å². The third kappa shape index (κ3) is 3.86. The Morgan fingerprint density at radius 1 is 1.19 bits per heavy atom. The average Bonchev–Trinajstić information content (AvgIpc) is 2.80. The summed E-state index contributed by atoms with van der Waals surface area (Å²) in [5.74, 6) is -0.836. The van der Waals surface area contributed by atoms with Gasteiger partial charge in [-0.3, -0.25) is 14.6 Å². The molecule has 1 fully saturated rings. The lowest BCUT2D eigenvalue weighted by Crippen LogP contribution is -2.47. The van der Waals surface area contributed by atoms with Crippen LogP contribution in [0.3, 0.4) is 0 Å². The summed E-state index contributed by atoms with van der Waals surface area (Å²) in [7, 11) is 0. The standard InChI is InChI=1S/C24H21Cl2N3O2/c1-13(30)29-20-8-6-15(27-4)10-18(20)28-19-11-24(2,3)12-21(31)22(19)23(29)16-7-5-14(25)9-17(16)26/h5-10,22-23H,11-12H2,1-3H3. The molecule has 2 atom stereocenters. The van der Waals surface area contributed by atoms with Gasteiger partial charge in [-0.15, -0.1) is 0 Å². The number of rotatable bonds is 1. The molecule has 0 bridgehead atoms. The number of anilines is 1. The van der Waals surface area contributed by atoms with Crippen LogP contribution >= 0.6 is 23.2 Å². The molecule has 2 unspecified atom stereocenters. The van der Waals surface area contributed by atoms with E-state index >= 15 is 0 Å². The predicted octanol–water partition coefficient (Wildman–Crippen LogP) is 6.73. The minimum Gasteiger partial charge on any atom is -0.302 e. The van der Waals surface area contributed by atoms with E-state index < -0.39 is 12.0 Å². The number of hydrogen-bond acceptors (Lipinski definition) is 3. The SMILES string of the molecule is [C-]#[N+]c1ccc2c(c1)N=C1CC(C)(C)CC(=O)C1C(c1ccc(Cl)cc1Cl)N2C(C)=O. The zero-order valence-electron chi connectivity index (χ0n) is 17.4. The van der Waals surface area contributed by atoms with Crippen LogP contribution in [-0.4, -0.2) is 17.4 Å². The molecular formula is C24H21Cl2N3O2. The first-order chi connectivity index (χ1) is 14.6. The lowest BCUT2D eigenvalue weighted by Gasteiger charge is -2.41. The van der Waals surface area contributed by atoms with E-state index in [4.69, 9.17) is 34.8 Å². The van der Waals surface area contributed by atoms with Crippen LogP contribution in [0.2, 0.25) is 10.0 Å². The molecule has 1 aliphatic carbocycles. The van der Waals surface area contributed by atoms with Crippen molar-refractivity contribution >= 4 is 57.7 Å². The summed E-state index contributed by atoms with van der Waals surface area (Å²) >= 11 is 12.7. The van der Waals surface area contributed by atoms with Gasteiger partial charge in [0.25, 0.3) is 0 Å². The lowest BCUT2D eigenvalue weighted by molar-refractivity contribution is -0.124. The van der Waals surface area contributed by atoms with Crippen molar-refractivity contribution in [2.24, 2.45) is 16.3 Å². The fourth-order valence-electron chi connectivity index (χ4n) is 4.65. The van der Waals surface area contributed by atoms with E-state index in [-0.39, 0.29) is 17.1 Å². The summed E-state index contributed by atoms with van der Waals surface area (Å²) in [5, 5.41) is 0.866. The minimum atomic E-state index is -0.648. The number of halogens is 2. The van der Waals surface area contributed by atoms with Crippen molar-refractivity contribution in [2.75, 3.05) is 4.90 Å². The Morgan fingerprint density at radius 2 is 1.94 bits per heavy atom. The van der Waals surface area contributed by atoms with Gasteiger partial charge in [0, 0.05) is 29.1 Å². The molecule has 31 heavy (non-hydrogen) atoms. The van der Waals surface area contributed by atoms with Gasteiger partial charge in [0.1, 0.15) is 5.78 Å². The van der Waals surface area contributed by atoms with Crippen LogP contribution in [0.4, 0.5) is 17.1 Å². The van der Waals surface area contributed by atoms with Gasteiger partial charge in [-0.2, -0.15) is 0 Å². The first kappa shape index (κ1) is 21.5. The highest BCUT2D eigenvalue weighted by Gasteiger charge is 2.47. The van der Waals surface area contributed by atoms with E-state index in [1.807, 2.05) is 13.8 Å². The summed E-state index contributed by atoms with van der Waals surface area (Å²) in [6.07, 6.45) is 0.992. The minimum absolute atomic E-state index is 0.0236. The molecule has 0 spiro atoms. The van der Waals surface area contributed by atoms with Crippen LogP contribution < -0.4 is 4.90 Å². The number of ketones is 1. The Morgan fingerprint density at radius 3 is 2.58 bits per heavy atom. The molecule has 1 aliphatic heterocycles. The van der Waals surface area contributed by atoms with E-state index in [1.54, 1.807) is 41.3 Å². The highest BCUT2D eigenvalue weighted by Crippen LogP contribution is 2.50. The fraction of sp³-hybridized carbons (Fsp3) is 0.333. The highest BCUT2D eigenvalue weighted by molar-refractivity contribution is 6.35. The van der Waals surface area contributed by atoms with Gasteiger partial charge in [-0.1, -0.05) is 49.2 Å². The molecule has 5 nitrogen and oxygen atoms in total. The Kier molecular flexibility index (Phi) is 5.41. The number of nitrogens with zero attached hydrogens (tertiary/aromatic N) is 3. The largest absolute Gasteiger partial charge is 0.302 e. The molecule has 2 aliphatic rings. The maximum absolute atomic E-state index is 13.5. The third-order valence-corrected chi connectivity index (χ3v) is 6.41. The molecule has 1 amide bonds. The number of aliphatic imine (C=N–C) groups is 1. The van der Waals surface area contributed by atoms with Crippen molar-refractivity contribution in [3.8, 4) is 0 Å². The normalized spacial score (nSPS) is 22.0. The van der Waals surface area contributed by atoms with Crippen LogP contribution in [0.5, 0.6) is 0 Å². The van der Waals surface area contributed by atoms with Gasteiger partial charge in [0.15, 0.2) is 5.69 Å². The topological polar surface area (TPSA) is 54.1 Å². The monoisotopic (exact) mass is 453 g/mol. The van der Waals surface area contributed by atoms with Gasteiger partial charge in [0.2, 0.25) is 5.91 Å². The summed E-state index contributed by atoms with van der Waals surface area (Å²) in [4.78, 5) is 36.4.